The molecule has 3 heterocycles. The summed E-state index contributed by atoms with van der Waals surface area (Å²) in [6, 6.07) is 18.6. The topological polar surface area (TPSA) is 58.1 Å². The monoisotopic (exact) mass is 445 g/mol. The SMILES string of the molecule is O[C@H](CN1CCc2ccccc2C1)CN1CCOc2cc(OCc3cccnc3)ccc2C1. The summed E-state index contributed by atoms with van der Waals surface area (Å²) in [6.45, 7) is 5.88. The van der Waals surface area contributed by atoms with Gasteiger partial charge in [0.25, 0.3) is 0 Å². The molecule has 2 aliphatic heterocycles. The Labute approximate surface area is 195 Å². The molecule has 5 rings (SSSR count). The zero-order valence-electron chi connectivity index (χ0n) is 18.9. The molecule has 0 saturated heterocycles. The van der Waals surface area contributed by atoms with E-state index in [0.29, 0.717) is 26.3 Å². The van der Waals surface area contributed by atoms with Crippen LogP contribution in [0.15, 0.2) is 67.0 Å². The van der Waals surface area contributed by atoms with E-state index in [1.54, 1.807) is 6.20 Å². The van der Waals surface area contributed by atoms with Crippen molar-refractivity contribution in [3.8, 4) is 11.5 Å². The number of β-amino-alcohol motifs (C(OH)–C–C–N with tert-alkyl or cyclic N) is 1. The van der Waals surface area contributed by atoms with E-state index in [9.17, 15) is 5.11 Å². The minimum atomic E-state index is -0.390. The van der Waals surface area contributed by atoms with Crippen LogP contribution in [0.3, 0.4) is 0 Å². The van der Waals surface area contributed by atoms with Crippen molar-refractivity contribution in [1.29, 1.82) is 0 Å². The number of nitrogens with zero attached hydrogens (tertiary/aromatic N) is 3. The summed E-state index contributed by atoms with van der Waals surface area (Å²) in [5, 5.41) is 10.8. The molecule has 0 radical (unpaired) electrons. The number of hydrogen-bond donors (Lipinski definition) is 1. The molecule has 33 heavy (non-hydrogen) atoms. The van der Waals surface area contributed by atoms with Crippen molar-refractivity contribution < 1.29 is 14.6 Å². The van der Waals surface area contributed by atoms with Crippen molar-refractivity contribution in [1.82, 2.24) is 14.8 Å². The van der Waals surface area contributed by atoms with Gasteiger partial charge in [-0.05, 0) is 29.7 Å². The average Bonchev–Trinajstić information content (AvgIpc) is 3.04. The third kappa shape index (κ3) is 5.71. The van der Waals surface area contributed by atoms with Gasteiger partial charge in [0.1, 0.15) is 24.7 Å². The Balaban J connectivity index is 1.15. The Morgan fingerprint density at radius 3 is 2.61 bits per heavy atom. The smallest absolute Gasteiger partial charge is 0.127 e. The average molecular weight is 446 g/mol. The largest absolute Gasteiger partial charge is 0.492 e. The van der Waals surface area contributed by atoms with Gasteiger partial charge in [-0.1, -0.05) is 36.4 Å². The normalized spacial score (nSPS) is 17.4. The van der Waals surface area contributed by atoms with Gasteiger partial charge in [0.15, 0.2) is 0 Å². The molecular formula is C27H31N3O3. The van der Waals surface area contributed by atoms with Crippen molar-refractivity contribution in [2.75, 3.05) is 32.8 Å². The molecule has 0 saturated carbocycles. The molecule has 6 heteroatoms. The van der Waals surface area contributed by atoms with Crippen LogP contribution in [0.2, 0.25) is 0 Å². The number of fused-ring (bicyclic) bond motifs is 2. The Morgan fingerprint density at radius 1 is 0.939 bits per heavy atom. The third-order valence-corrected chi connectivity index (χ3v) is 6.37. The molecule has 2 aromatic carbocycles. The highest BCUT2D eigenvalue weighted by Crippen LogP contribution is 2.28. The summed E-state index contributed by atoms with van der Waals surface area (Å²) >= 11 is 0. The Morgan fingerprint density at radius 2 is 1.76 bits per heavy atom. The summed E-state index contributed by atoms with van der Waals surface area (Å²) in [5.74, 6) is 1.65. The predicted molar refractivity (Wildman–Crippen MR) is 127 cm³/mol. The summed E-state index contributed by atoms with van der Waals surface area (Å²) in [5.41, 5.74) is 4.98. The molecule has 0 spiro atoms. The minimum absolute atomic E-state index is 0.390. The molecule has 0 unspecified atom stereocenters. The van der Waals surface area contributed by atoms with Crippen LogP contribution in [-0.4, -0.2) is 58.8 Å². The molecule has 0 aliphatic carbocycles. The molecule has 2 aliphatic rings. The first-order valence-corrected chi connectivity index (χ1v) is 11.7. The number of rotatable bonds is 7. The van der Waals surface area contributed by atoms with E-state index in [4.69, 9.17) is 9.47 Å². The van der Waals surface area contributed by atoms with Gasteiger partial charge in [0.2, 0.25) is 0 Å². The number of aromatic nitrogens is 1. The fraction of sp³-hybridized carbons (Fsp3) is 0.370. The number of pyridine rings is 1. The summed E-state index contributed by atoms with van der Waals surface area (Å²) in [6.07, 6.45) is 4.23. The standard InChI is InChI=1S/C27H31N3O3/c31-25(18-29-11-9-22-5-1-2-6-23(22)16-29)19-30-12-13-32-27-14-26(8-7-24(27)17-30)33-20-21-4-3-10-28-15-21/h1-8,10,14-15,25,31H,9,11-13,16-20H2/t25-/m1/s1. The van der Waals surface area contributed by atoms with Crippen molar-refractivity contribution >= 4 is 0 Å². The maximum atomic E-state index is 10.8. The maximum Gasteiger partial charge on any atom is 0.127 e. The summed E-state index contributed by atoms with van der Waals surface area (Å²) in [4.78, 5) is 8.77. The highest BCUT2D eigenvalue weighted by molar-refractivity contribution is 5.41. The molecule has 172 valence electrons. The first kappa shape index (κ1) is 21.9. The van der Waals surface area contributed by atoms with Gasteiger partial charge in [0.05, 0.1) is 6.10 Å². The molecule has 6 nitrogen and oxygen atoms in total. The zero-order valence-corrected chi connectivity index (χ0v) is 18.9. The summed E-state index contributed by atoms with van der Waals surface area (Å²) in [7, 11) is 0. The number of aliphatic hydroxyl groups is 1. The van der Waals surface area contributed by atoms with E-state index in [0.717, 1.165) is 55.2 Å². The van der Waals surface area contributed by atoms with Crippen LogP contribution in [0.4, 0.5) is 0 Å². The van der Waals surface area contributed by atoms with Crippen molar-refractivity contribution in [2.24, 2.45) is 0 Å². The van der Waals surface area contributed by atoms with Gasteiger partial charge in [-0.15, -0.1) is 0 Å². The van der Waals surface area contributed by atoms with Crippen LogP contribution in [0, 0.1) is 0 Å². The Bertz CT molecular complexity index is 1060. The zero-order chi connectivity index (χ0) is 22.5. The van der Waals surface area contributed by atoms with Gasteiger partial charge in [-0.25, -0.2) is 0 Å². The molecule has 1 atom stereocenters. The highest BCUT2D eigenvalue weighted by Gasteiger charge is 2.22. The molecule has 1 N–H and O–H groups in total. The van der Waals surface area contributed by atoms with E-state index < -0.39 is 0 Å². The molecule has 0 fully saturated rings. The molecule has 1 aromatic heterocycles. The van der Waals surface area contributed by atoms with E-state index in [2.05, 4.69) is 45.1 Å². The van der Waals surface area contributed by atoms with Gasteiger partial charge in [-0.3, -0.25) is 14.8 Å². The van der Waals surface area contributed by atoms with Crippen LogP contribution in [-0.2, 0) is 26.1 Å². The van der Waals surface area contributed by atoms with Crippen LogP contribution < -0.4 is 9.47 Å². The lowest BCUT2D eigenvalue weighted by molar-refractivity contribution is 0.0648. The second-order valence-corrected chi connectivity index (χ2v) is 8.91. The molecular weight excluding hydrogens is 414 g/mol. The molecule has 0 bridgehead atoms. The minimum Gasteiger partial charge on any atom is -0.492 e. The van der Waals surface area contributed by atoms with Crippen LogP contribution >= 0.6 is 0 Å². The second kappa shape index (κ2) is 10.3. The maximum absolute atomic E-state index is 10.8. The molecule has 3 aromatic rings. The van der Waals surface area contributed by atoms with Crippen LogP contribution in [0.25, 0.3) is 0 Å². The summed E-state index contributed by atoms with van der Waals surface area (Å²) < 4.78 is 11.9. The quantitative estimate of drug-likeness (QED) is 0.602. The lowest BCUT2D eigenvalue weighted by atomic mass is 10.00. The number of hydrogen-bond acceptors (Lipinski definition) is 6. The Hall–Kier alpha value is -2.93. The van der Waals surface area contributed by atoms with Gasteiger partial charge < -0.3 is 14.6 Å². The van der Waals surface area contributed by atoms with E-state index >= 15 is 0 Å². The number of ether oxygens (including phenoxy) is 2. The Kier molecular flexibility index (Phi) is 6.86. The predicted octanol–water partition coefficient (Wildman–Crippen LogP) is 3.27. The number of aliphatic hydroxyl groups excluding tert-OH is 1. The highest BCUT2D eigenvalue weighted by atomic mass is 16.5. The molecule has 0 amide bonds. The second-order valence-electron chi connectivity index (χ2n) is 8.91. The van der Waals surface area contributed by atoms with Crippen molar-refractivity contribution in [2.45, 2.75) is 32.2 Å². The lowest BCUT2D eigenvalue weighted by Crippen LogP contribution is -2.42. The fourth-order valence-electron chi connectivity index (χ4n) is 4.66. The van der Waals surface area contributed by atoms with Gasteiger partial charge in [-0.2, -0.15) is 0 Å². The van der Waals surface area contributed by atoms with Gasteiger partial charge >= 0.3 is 0 Å². The van der Waals surface area contributed by atoms with E-state index in [-0.39, 0.29) is 6.10 Å². The number of benzene rings is 2. The van der Waals surface area contributed by atoms with Crippen LogP contribution in [0.1, 0.15) is 22.3 Å². The first-order chi connectivity index (χ1) is 16.2. The van der Waals surface area contributed by atoms with Gasteiger partial charge in [0, 0.05) is 68.9 Å². The van der Waals surface area contributed by atoms with Crippen molar-refractivity contribution in [3.63, 3.8) is 0 Å². The lowest BCUT2D eigenvalue weighted by Gasteiger charge is -2.32. The third-order valence-electron chi connectivity index (χ3n) is 6.37. The van der Waals surface area contributed by atoms with E-state index in [1.807, 2.05) is 30.5 Å². The van der Waals surface area contributed by atoms with Crippen molar-refractivity contribution in [3.05, 3.63) is 89.2 Å². The fourth-order valence-corrected chi connectivity index (χ4v) is 4.66. The van der Waals surface area contributed by atoms with E-state index in [1.165, 1.54) is 11.1 Å². The van der Waals surface area contributed by atoms with Crippen LogP contribution in [0.5, 0.6) is 11.5 Å². The first-order valence-electron chi connectivity index (χ1n) is 11.7.